The maximum absolute atomic E-state index is 6.01. The van der Waals surface area contributed by atoms with Crippen LogP contribution in [0.2, 0.25) is 0 Å². The van der Waals surface area contributed by atoms with E-state index in [2.05, 4.69) is 15.3 Å². The van der Waals surface area contributed by atoms with Crippen molar-refractivity contribution in [2.75, 3.05) is 19.7 Å². The standard InChI is InChI=1S/C15H23N3O/c1-2-6-13-14(7-3-1)17-11-18-15(13)19-10-12-5-4-8-16-9-12/h11-12,16H,1-10H2. The molecule has 0 radical (unpaired) electrons. The molecule has 1 saturated heterocycles. The van der Waals surface area contributed by atoms with E-state index in [1.165, 1.54) is 43.4 Å². The van der Waals surface area contributed by atoms with Crippen LogP contribution in [0.4, 0.5) is 0 Å². The molecule has 4 nitrogen and oxygen atoms in total. The Labute approximate surface area is 115 Å². The highest BCUT2D eigenvalue weighted by Gasteiger charge is 2.18. The Hall–Kier alpha value is -1.16. The SMILES string of the molecule is c1nc2c(c(OCC3CCCNC3)n1)CCCCC2. The Balaban J connectivity index is 1.66. The average Bonchev–Trinajstić information content (AvgIpc) is 2.72. The van der Waals surface area contributed by atoms with E-state index >= 15 is 0 Å². The number of fused-ring (bicyclic) bond motifs is 1. The molecule has 0 bridgehead atoms. The third kappa shape index (κ3) is 3.24. The van der Waals surface area contributed by atoms with Gasteiger partial charge < -0.3 is 10.1 Å². The van der Waals surface area contributed by atoms with Crippen molar-refractivity contribution in [3.63, 3.8) is 0 Å². The molecule has 1 unspecified atom stereocenters. The third-order valence-electron chi connectivity index (χ3n) is 4.19. The zero-order valence-electron chi connectivity index (χ0n) is 11.5. The number of nitrogens with zero attached hydrogens (tertiary/aromatic N) is 2. The lowest BCUT2D eigenvalue weighted by atomic mass is 10.0. The van der Waals surface area contributed by atoms with Gasteiger partial charge in [-0.25, -0.2) is 9.97 Å². The van der Waals surface area contributed by atoms with Crippen molar-refractivity contribution in [3.8, 4) is 5.88 Å². The Morgan fingerprint density at radius 2 is 2.11 bits per heavy atom. The van der Waals surface area contributed by atoms with Gasteiger partial charge in [0.2, 0.25) is 5.88 Å². The van der Waals surface area contributed by atoms with E-state index < -0.39 is 0 Å². The molecule has 1 atom stereocenters. The van der Waals surface area contributed by atoms with Gasteiger partial charge in [0.1, 0.15) is 6.33 Å². The lowest BCUT2D eigenvalue weighted by Crippen LogP contribution is -2.33. The predicted octanol–water partition coefficient (Wildman–Crippen LogP) is 2.12. The number of nitrogens with one attached hydrogen (secondary N) is 1. The quantitative estimate of drug-likeness (QED) is 0.847. The molecule has 1 aromatic heterocycles. The lowest BCUT2D eigenvalue weighted by molar-refractivity contribution is 0.210. The first-order valence-electron chi connectivity index (χ1n) is 7.60. The largest absolute Gasteiger partial charge is 0.477 e. The molecule has 104 valence electrons. The monoisotopic (exact) mass is 261 g/mol. The van der Waals surface area contributed by atoms with Crippen LogP contribution in [0.3, 0.4) is 0 Å². The lowest BCUT2D eigenvalue weighted by Gasteiger charge is -2.23. The van der Waals surface area contributed by atoms with Gasteiger partial charge in [-0.15, -0.1) is 0 Å². The van der Waals surface area contributed by atoms with Crippen molar-refractivity contribution in [2.45, 2.75) is 44.9 Å². The van der Waals surface area contributed by atoms with Crippen LogP contribution >= 0.6 is 0 Å². The first kappa shape index (κ1) is 12.9. The first-order valence-corrected chi connectivity index (χ1v) is 7.60. The van der Waals surface area contributed by atoms with Crippen LogP contribution in [0.15, 0.2) is 6.33 Å². The second-order valence-corrected chi connectivity index (χ2v) is 5.69. The van der Waals surface area contributed by atoms with E-state index in [9.17, 15) is 0 Å². The summed E-state index contributed by atoms with van der Waals surface area (Å²) >= 11 is 0. The minimum atomic E-state index is 0.630. The molecular formula is C15H23N3O. The van der Waals surface area contributed by atoms with Gasteiger partial charge in [-0.05, 0) is 45.1 Å². The summed E-state index contributed by atoms with van der Waals surface area (Å²) in [7, 11) is 0. The summed E-state index contributed by atoms with van der Waals surface area (Å²) in [6.07, 6.45) is 10.1. The second-order valence-electron chi connectivity index (χ2n) is 5.69. The normalized spacial score (nSPS) is 23.5. The van der Waals surface area contributed by atoms with E-state index in [4.69, 9.17) is 4.74 Å². The van der Waals surface area contributed by atoms with Gasteiger partial charge in [0.25, 0.3) is 0 Å². The molecule has 4 heteroatoms. The Morgan fingerprint density at radius 1 is 1.16 bits per heavy atom. The summed E-state index contributed by atoms with van der Waals surface area (Å²) in [5.74, 6) is 1.47. The molecule has 1 fully saturated rings. The maximum atomic E-state index is 6.01. The third-order valence-corrected chi connectivity index (χ3v) is 4.19. The fourth-order valence-corrected chi connectivity index (χ4v) is 3.06. The Bertz CT molecular complexity index is 416. The van der Waals surface area contributed by atoms with E-state index in [1.54, 1.807) is 6.33 Å². The van der Waals surface area contributed by atoms with Gasteiger partial charge in [0.05, 0.1) is 12.3 Å². The highest BCUT2D eigenvalue weighted by atomic mass is 16.5. The van der Waals surface area contributed by atoms with Crippen molar-refractivity contribution >= 4 is 0 Å². The van der Waals surface area contributed by atoms with Crippen LogP contribution in [0.5, 0.6) is 5.88 Å². The fraction of sp³-hybridized carbons (Fsp3) is 0.733. The Morgan fingerprint density at radius 3 is 3.00 bits per heavy atom. The molecule has 2 aliphatic rings. The van der Waals surface area contributed by atoms with Crippen LogP contribution in [0.25, 0.3) is 0 Å². The predicted molar refractivity (Wildman–Crippen MR) is 74.4 cm³/mol. The molecule has 1 N–H and O–H groups in total. The number of aryl methyl sites for hydroxylation is 1. The average molecular weight is 261 g/mol. The smallest absolute Gasteiger partial charge is 0.219 e. The van der Waals surface area contributed by atoms with Crippen molar-refractivity contribution in [1.82, 2.24) is 15.3 Å². The molecule has 2 heterocycles. The van der Waals surface area contributed by atoms with Crippen molar-refractivity contribution in [3.05, 3.63) is 17.6 Å². The van der Waals surface area contributed by atoms with Gasteiger partial charge >= 0.3 is 0 Å². The number of rotatable bonds is 3. The summed E-state index contributed by atoms with van der Waals surface area (Å²) in [5.41, 5.74) is 2.48. The molecule has 1 aliphatic heterocycles. The summed E-state index contributed by atoms with van der Waals surface area (Å²) in [4.78, 5) is 8.80. The minimum Gasteiger partial charge on any atom is -0.477 e. The molecular weight excluding hydrogens is 238 g/mol. The Kier molecular flexibility index (Phi) is 4.28. The van der Waals surface area contributed by atoms with Crippen molar-refractivity contribution in [1.29, 1.82) is 0 Å². The summed E-state index contributed by atoms with van der Waals surface area (Å²) in [6.45, 7) is 3.02. The topological polar surface area (TPSA) is 47.0 Å². The molecule has 0 saturated carbocycles. The van der Waals surface area contributed by atoms with Crippen molar-refractivity contribution in [2.24, 2.45) is 5.92 Å². The molecule has 0 amide bonds. The van der Waals surface area contributed by atoms with Crippen LogP contribution in [0, 0.1) is 5.92 Å². The maximum Gasteiger partial charge on any atom is 0.219 e. The zero-order chi connectivity index (χ0) is 12.9. The van der Waals surface area contributed by atoms with E-state index in [0.717, 1.165) is 38.4 Å². The molecule has 1 aliphatic carbocycles. The molecule has 1 aromatic rings. The van der Waals surface area contributed by atoms with Crippen LogP contribution in [-0.2, 0) is 12.8 Å². The van der Waals surface area contributed by atoms with E-state index in [1.807, 2.05) is 0 Å². The van der Waals surface area contributed by atoms with Gasteiger partial charge in [-0.1, -0.05) is 6.42 Å². The van der Waals surface area contributed by atoms with Gasteiger partial charge in [0, 0.05) is 18.0 Å². The number of piperidine rings is 1. The second kappa shape index (κ2) is 6.33. The van der Waals surface area contributed by atoms with Crippen LogP contribution in [0.1, 0.15) is 43.4 Å². The highest BCUT2D eigenvalue weighted by molar-refractivity contribution is 5.30. The summed E-state index contributed by atoms with van der Waals surface area (Å²) < 4.78 is 6.01. The minimum absolute atomic E-state index is 0.630. The first-order chi connectivity index (χ1) is 9.43. The number of ether oxygens (including phenoxy) is 1. The van der Waals surface area contributed by atoms with Crippen LogP contribution in [-0.4, -0.2) is 29.7 Å². The zero-order valence-corrected chi connectivity index (χ0v) is 11.5. The molecule has 0 spiro atoms. The molecule has 3 rings (SSSR count). The number of hydrogen-bond donors (Lipinski definition) is 1. The number of hydrogen-bond acceptors (Lipinski definition) is 4. The fourth-order valence-electron chi connectivity index (χ4n) is 3.06. The summed E-state index contributed by atoms with van der Waals surface area (Å²) in [6, 6.07) is 0. The van der Waals surface area contributed by atoms with E-state index in [-0.39, 0.29) is 0 Å². The van der Waals surface area contributed by atoms with E-state index in [0.29, 0.717) is 5.92 Å². The highest BCUT2D eigenvalue weighted by Crippen LogP contribution is 2.26. The number of aromatic nitrogens is 2. The molecule has 0 aromatic carbocycles. The van der Waals surface area contributed by atoms with Gasteiger partial charge in [-0.3, -0.25) is 0 Å². The van der Waals surface area contributed by atoms with Crippen LogP contribution < -0.4 is 10.1 Å². The van der Waals surface area contributed by atoms with Gasteiger partial charge in [0.15, 0.2) is 0 Å². The van der Waals surface area contributed by atoms with Gasteiger partial charge in [-0.2, -0.15) is 0 Å². The van der Waals surface area contributed by atoms with Crippen molar-refractivity contribution < 1.29 is 4.74 Å². The summed E-state index contributed by atoms with van der Waals surface area (Å²) in [5, 5.41) is 3.43. The molecule has 19 heavy (non-hydrogen) atoms.